The van der Waals surface area contributed by atoms with Crippen LogP contribution < -0.4 is 0 Å². The topological polar surface area (TPSA) is 64.2 Å². The largest absolute Gasteiger partial charge is 0.457 e. The van der Waals surface area contributed by atoms with Crippen molar-refractivity contribution < 1.29 is 14.3 Å². The Kier molecular flexibility index (Phi) is 6.10. The number of nitrogens with zero attached hydrogens (tertiary/aromatic N) is 2. The van der Waals surface area contributed by atoms with Crippen molar-refractivity contribution in [1.29, 1.82) is 5.26 Å². The molecule has 140 valence electrons. The Bertz CT molecular complexity index is 869. The summed E-state index contributed by atoms with van der Waals surface area (Å²) in [5.74, 6) is -0.606. The van der Waals surface area contributed by atoms with Gasteiger partial charge in [0.05, 0.1) is 6.10 Å². The Labute approximate surface area is 159 Å². The van der Waals surface area contributed by atoms with Crippen LogP contribution in [-0.2, 0) is 27.4 Å². The van der Waals surface area contributed by atoms with Gasteiger partial charge in [0.2, 0.25) is 0 Å². The zero-order valence-corrected chi connectivity index (χ0v) is 15.8. The summed E-state index contributed by atoms with van der Waals surface area (Å²) in [6, 6.07) is 13.4. The summed E-state index contributed by atoms with van der Waals surface area (Å²) in [6.07, 6.45) is 4.01. The van der Waals surface area contributed by atoms with Crippen LogP contribution in [0.25, 0.3) is 6.08 Å². The molecule has 0 saturated carbocycles. The molecule has 1 aliphatic heterocycles. The number of hydrogen-bond acceptors (Lipinski definition) is 4. The third-order valence-electron chi connectivity index (χ3n) is 4.88. The van der Waals surface area contributed by atoms with Crippen LogP contribution in [0, 0.1) is 25.2 Å². The van der Waals surface area contributed by atoms with Crippen molar-refractivity contribution >= 4 is 12.0 Å². The fourth-order valence-corrected chi connectivity index (χ4v) is 3.34. The Balaban J connectivity index is 1.73. The molecule has 1 fully saturated rings. The summed E-state index contributed by atoms with van der Waals surface area (Å²) in [5.41, 5.74) is 3.86. The molecule has 0 N–H and O–H groups in total. The molecule has 1 aromatic heterocycles. The molecule has 2 aromatic rings. The molecule has 1 aromatic carbocycles. The molecule has 0 spiro atoms. The molecule has 0 amide bonds. The van der Waals surface area contributed by atoms with E-state index < -0.39 is 5.97 Å². The van der Waals surface area contributed by atoms with Crippen molar-refractivity contribution in [3.63, 3.8) is 0 Å². The minimum atomic E-state index is -0.606. The number of ether oxygens (including phenoxy) is 2. The van der Waals surface area contributed by atoms with Gasteiger partial charge in [-0.15, -0.1) is 0 Å². The molecule has 27 heavy (non-hydrogen) atoms. The van der Waals surface area contributed by atoms with Crippen molar-refractivity contribution in [2.45, 2.75) is 45.9 Å². The maximum atomic E-state index is 12.3. The minimum Gasteiger partial charge on any atom is -0.457 e. The predicted octanol–water partition coefficient (Wildman–Crippen LogP) is 3.93. The third kappa shape index (κ3) is 4.66. The molecule has 0 radical (unpaired) electrons. The number of esters is 1. The summed E-state index contributed by atoms with van der Waals surface area (Å²) >= 11 is 0. The van der Waals surface area contributed by atoms with E-state index in [2.05, 4.69) is 4.57 Å². The molecule has 0 bridgehead atoms. The molecule has 3 rings (SSSR count). The maximum Gasteiger partial charge on any atom is 0.349 e. The first-order valence-electron chi connectivity index (χ1n) is 9.19. The summed E-state index contributed by atoms with van der Waals surface area (Å²) in [5, 5.41) is 9.41. The Morgan fingerprint density at radius 2 is 2.15 bits per heavy atom. The molecule has 1 saturated heterocycles. The SMILES string of the molecule is Cc1cc(/C=C(\C#N)C(=O)OCc2ccccc2)c(C)n1C[C@@H]1CCCO1. The highest BCUT2D eigenvalue weighted by atomic mass is 16.5. The van der Waals surface area contributed by atoms with Crippen molar-refractivity contribution in [2.75, 3.05) is 6.61 Å². The van der Waals surface area contributed by atoms with Crippen LogP contribution in [-0.4, -0.2) is 23.2 Å². The lowest BCUT2D eigenvalue weighted by molar-refractivity contribution is -0.139. The van der Waals surface area contributed by atoms with Gasteiger partial charge in [-0.25, -0.2) is 4.79 Å². The maximum absolute atomic E-state index is 12.3. The summed E-state index contributed by atoms with van der Waals surface area (Å²) in [4.78, 5) is 12.3. The number of benzene rings is 1. The first kappa shape index (κ1) is 18.9. The van der Waals surface area contributed by atoms with E-state index in [0.29, 0.717) is 0 Å². The monoisotopic (exact) mass is 364 g/mol. The lowest BCUT2D eigenvalue weighted by atomic mass is 10.1. The van der Waals surface area contributed by atoms with Gasteiger partial charge in [-0.3, -0.25) is 0 Å². The first-order valence-corrected chi connectivity index (χ1v) is 9.19. The number of carbonyl (C=O) groups excluding carboxylic acids is 1. The zero-order chi connectivity index (χ0) is 19.2. The molecule has 1 aliphatic rings. The molecule has 0 aliphatic carbocycles. The van der Waals surface area contributed by atoms with Crippen LogP contribution in [0.1, 0.15) is 35.4 Å². The van der Waals surface area contributed by atoms with E-state index in [0.717, 1.165) is 48.5 Å². The van der Waals surface area contributed by atoms with E-state index in [4.69, 9.17) is 9.47 Å². The number of rotatable bonds is 6. The number of aryl methyl sites for hydroxylation is 1. The van der Waals surface area contributed by atoms with E-state index in [-0.39, 0.29) is 18.3 Å². The highest BCUT2D eigenvalue weighted by molar-refractivity contribution is 5.98. The van der Waals surface area contributed by atoms with Crippen LogP contribution in [0.5, 0.6) is 0 Å². The van der Waals surface area contributed by atoms with Crippen LogP contribution >= 0.6 is 0 Å². The molecule has 1 atom stereocenters. The van der Waals surface area contributed by atoms with Crippen LogP contribution in [0.3, 0.4) is 0 Å². The van der Waals surface area contributed by atoms with Gasteiger partial charge in [-0.05, 0) is 50.0 Å². The average Bonchev–Trinajstić information content (AvgIpc) is 3.29. The third-order valence-corrected chi connectivity index (χ3v) is 4.88. The molecule has 0 unspecified atom stereocenters. The lowest BCUT2D eigenvalue weighted by Crippen LogP contribution is -2.16. The average molecular weight is 364 g/mol. The first-order chi connectivity index (χ1) is 13.1. The predicted molar refractivity (Wildman–Crippen MR) is 103 cm³/mol. The Hall–Kier alpha value is -2.84. The van der Waals surface area contributed by atoms with Gasteiger partial charge in [0.1, 0.15) is 18.2 Å². The van der Waals surface area contributed by atoms with Gasteiger partial charge in [-0.1, -0.05) is 30.3 Å². The molecular weight excluding hydrogens is 340 g/mol. The van der Waals surface area contributed by atoms with Gasteiger partial charge >= 0.3 is 5.97 Å². The summed E-state index contributed by atoms with van der Waals surface area (Å²) in [6.45, 7) is 5.79. The Morgan fingerprint density at radius 3 is 2.81 bits per heavy atom. The van der Waals surface area contributed by atoms with E-state index in [1.165, 1.54) is 0 Å². The fraction of sp³-hybridized carbons (Fsp3) is 0.364. The van der Waals surface area contributed by atoms with Crippen molar-refractivity contribution in [1.82, 2.24) is 4.57 Å². The molecule has 5 heteroatoms. The highest BCUT2D eigenvalue weighted by Gasteiger charge is 2.19. The van der Waals surface area contributed by atoms with Crippen LogP contribution in [0.4, 0.5) is 0 Å². The summed E-state index contributed by atoms with van der Waals surface area (Å²) in [7, 11) is 0. The van der Waals surface area contributed by atoms with Crippen LogP contribution in [0.2, 0.25) is 0 Å². The van der Waals surface area contributed by atoms with Gasteiger partial charge in [0.25, 0.3) is 0 Å². The van der Waals surface area contributed by atoms with E-state index in [1.807, 2.05) is 56.3 Å². The smallest absolute Gasteiger partial charge is 0.349 e. The fourth-order valence-electron chi connectivity index (χ4n) is 3.34. The standard InChI is InChI=1S/C22H24N2O3/c1-16-11-19(17(2)24(16)14-21-9-6-10-26-21)12-20(13-23)22(25)27-15-18-7-4-3-5-8-18/h3-5,7-8,11-12,21H,6,9-10,14-15H2,1-2H3/b20-12+/t21-/m0/s1. The zero-order valence-electron chi connectivity index (χ0n) is 15.8. The van der Waals surface area contributed by atoms with Gasteiger partial charge < -0.3 is 14.0 Å². The van der Waals surface area contributed by atoms with Gasteiger partial charge in [0, 0.05) is 24.5 Å². The van der Waals surface area contributed by atoms with Crippen molar-refractivity contribution in [2.24, 2.45) is 0 Å². The molecule has 5 nitrogen and oxygen atoms in total. The number of carbonyl (C=O) groups is 1. The van der Waals surface area contributed by atoms with Crippen molar-refractivity contribution in [3.05, 3.63) is 64.5 Å². The van der Waals surface area contributed by atoms with E-state index in [1.54, 1.807) is 6.08 Å². The second-order valence-electron chi connectivity index (χ2n) is 6.80. The minimum absolute atomic E-state index is 0.00305. The lowest BCUT2D eigenvalue weighted by Gasteiger charge is -2.14. The van der Waals surface area contributed by atoms with Crippen molar-refractivity contribution in [3.8, 4) is 6.07 Å². The normalized spacial score (nSPS) is 16.9. The number of aromatic nitrogens is 1. The highest BCUT2D eigenvalue weighted by Crippen LogP contribution is 2.22. The second kappa shape index (κ2) is 8.70. The quantitative estimate of drug-likeness (QED) is 0.442. The molecular formula is C22H24N2O3. The van der Waals surface area contributed by atoms with Gasteiger partial charge in [-0.2, -0.15) is 5.26 Å². The Morgan fingerprint density at radius 1 is 1.37 bits per heavy atom. The van der Waals surface area contributed by atoms with E-state index in [9.17, 15) is 10.1 Å². The van der Waals surface area contributed by atoms with E-state index >= 15 is 0 Å². The van der Waals surface area contributed by atoms with Gasteiger partial charge in [0.15, 0.2) is 0 Å². The van der Waals surface area contributed by atoms with Crippen LogP contribution in [0.15, 0.2) is 42.0 Å². The summed E-state index contributed by atoms with van der Waals surface area (Å²) < 4.78 is 13.2. The number of nitriles is 1. The second-order valence-corrected chi connectivity index (χ2v) is 6.80. The number of hydrogen-bond donors (Lipinski definition) is 0. The molecule has 2 heterocycles.